The first-order valence-electron chi connectivity index (χ1n) is 14.7. The Bertz CT molecular complexity index is 1590. The molecule has 43 heavy (non-hydrogen) atoms. The van der Waals surface area contributed by atoms with E-state index >= 15 is 4.79 Å². The molecule has 4 saturated carbocycles. The standard InChI is InChI=1S/C36H37BrO6/c1-21(2)16-18-34-20-26-28(43-29(39)24-12-14-25(37)15-13-24)35(30(34)40,19-17-22(3)4)32(42)36(31(34)41,33(26,5)6)27(38)23-10-8-7-9-11-23/h7-17,26,28H,18-20H2,1-6H3/t26-,28+,34+,35-,36+/m1/s1. The number of allylic oxidation sites excluding steroid dienone is 4. The zero-order chi connectivity index (χ0) is 31.5. The summed E-state index contributed by atoms with van der Waals surface area (Å²) in [4.78, 5) is 73.4. The maximum Gasteiger partial charge on any atom is 0.338 e. The third-order valence-electron chi connectivity index (χ3n) is 10.1. The van der Waals surface area contributed by atoms with Gasteiger partial charge in [0.2, 0.25) is 0 Å². The summed E-state index contributed by atoms with van der Waals surface area (Å²) in [6.07, 6.45) is 2.59. The van der Waals surface area contributed by atoms with Crippen molar-refractivity contribution >= 4 is 45.0 Å². The summed E-state index contributed by atoms with van der Waals surface area (Å²) >= 11 is 3.38. The summed E-state index contributed by atoms with van der Waals surface area (Å²) in [7, 11) is 0. The Morgan fingerprint density at radius 2 is 1.40 bits per heavy atom. The molecule has 4 fully saturated rings. The van der Waals surface area contributed by atoms with E-state index in [-0.39, 0.29) is 30.4 Å². The molecule has 0 aromatic heterocycles. The Balaban J connectivity index is 1.80. The molecule has 4 aliphatic carbocycles. The van der Waals surface area contributed by atoms with Gasteiger partial charge in [-0.15, -0.1) is 0 Å². The van der Waals surface area contributed by atoms with Gasteiger partial charge in [-0.25, -0.2) is 4.79 Å². The van der Waals surface area contributed by atoms with Crippen LogP contribution in [0.2, 0.25) is 0 Å². The van der Waals surface area contributed by atoms with Crippen molar-refractivity contribution < 1.29 is 28.7 Å². The number of ether oxygens (including phenoxy) is 1. The molecule has 0 heterocycles. The average Bonchev–Trinajstić information content (AvgIpc) is 2.96. The largest absolute Gasteiger partial charge is 0.457 e. The number of carbonyl (C=O) groups is 5. The van der Waals surface area contributed by atoms with E-state index in [1.54, 1.807) is 74.5 Å². The molecule has 224 valence electrons. The second kappa shape index (κ2) is 10.6. The Morgan fingerprint density at radius 3 is 1.98 bits per heavy atom. The van der Waals surface area contributed by atoms with Crippen LogP contribution in [0.15, 0.2) is 82.4 Å². The third kappa shape index (κ3) is 4.21. The lowest BCUT2D eigenvalue weighted by molar-refractivity contribution is -0.223. The van der Waals surface area contributed by atoms with Crippen LogP contribution in [0, 0.1) is 27.6 Å². The van der Waals surface area contributed by atoms with Crippen LogP contribution in [-0.4, -0.2) is 35.2 Å². The summed E-state index contributed by atoms with van der Waals surface area (Å²) in [5.41, 5.74) is -4.55. The molecule has 4 bridgehead atoms. The van der Waals surface area contributed by atoms with Crippen molar-refractivity contribution in [3.05, 3.63) is 93.5 Å². The lowest BCUT2D eigenvalue weighted by Gasteiger charge is -2.70. The smallest absolute Gasteiger partial charge is 0.338 e. The summed E-state index contributed by atoms with van der Waals surface area (Å²) in [5.74, 6) is -3.78. The predicted octanol–water partition coefficient (Wildman–Crippen LogP) is 7.31. The lowest BCUT2D eigenvalue weighted by Crippen LogP contribution is -2.85. The number of esters is 1. The molecule has 0 spiro atoms. The number of carbonyl (C=O) groups excluding carboxylic acids is 5. The fraction of sp³-hybridized carbons (Fsp3) is 0.417. The van der Waals surface area contributed by atoms with Crippen molar-refractivity contribution in [2.75, 3.05) is 0 Å². The van der Waals surface area contributed by atoms with E-state index < -0.39 is 62.8 Å². The monoisotopic (exact) mass is 644 g/mol. The molecule has 0 N–H and O–H groups in total. The number of rotatable bonds is 8. The Morgan fingerprint density at radius 1 is 0.814 bits per heavy atom. The highest BCUT2D eigenvalue weighted by Gasteiger charge is 2.88. The van der Waals surface area contributed by atoms with Crippen LogP contribution >= 0.6 is 15.9 Å². The molecule has 2 aromatic rings. The molecule has 0 saturated heterocycles. The van der Waals surface area contributed by atoms with Crippen molar-refractivity contribution in [2.24, 2.45) is 27.6 Å². The van der Waals surface area contributed by atoms with Crippen LogP contribution in [0.3, 0.4) is 0 Å². The molecule has 4 aliphatic rings. The van der Waals surface area contributed by atoms with E-state index in [0.29, 0.717) is 0 Å². The van der Waals surface area contributed by atoms with Crippen molar-refractivity contribution in [2.45, 2.75) is 66.9 Å². The Kier molecular flexibility index (Phi) is 7.65. The SMILES string of the molecule is CC(C)=CC[C@]12C[C@@H]3[C@H](OC(=O)c4ccc(Br)cc4)[C@](CC=C(C)C)(C1=O)C(=O)[C@](C(=O)c1ccccc1)(C2=O)C3(C)C. The number of ketones is 4. The molecule has 5 atom stereocenters. The normalized spacial score (nSPS) is 30.2. The van der Waals surface area contributed by atoms with Gasteiger partial charge in [0.15, 0.2) is 28.5 Å². The van der Waals surface area contributed by atoms with Crippen molar-refractivity contribution in [1.29, 1.82) is 0 Å². The van der Waals surface area contributed by atoms with Crippen LogP contribution in [0.25, 0.3) is 0 Å². The zero-order valence-corrected chi connectivity index (χ0v) is 27.0. The van der Waals surface area contributed by atoms with Gasteiger partial charge < -0.3 is 4.74 Å². The van der Waals surface area contributed by atoms with Crippen molar-refractivity contribution in [1.82, 2.24) is 0 Å². The highest BCUT2D eigenvalue weighted by atomic mass is 79.9. The topological polar surface area (TPSA) is 94.6 Å². The molecule has 7 heteroatoms. The minimum Gasteiger partial charge on any atom is -0.457 e. The van der Waals surface area contributed by atoms with Gasteiger partial charge in [0.1, 0.15) is 11.5 Å². The maximum atomic E-state index is 15.2. The minimum absolute atomic E-state index is 0.0640. The number of Topliss-reactive ketones (excluding diaryl/α,β-unsaturated/α-hetero) is 4. The first-order chi connectivity index (χ1) is 20.2. The second-order valence-electron chi connectivity index (χ2n) is 13.3. The average molecular weight is 646 g/mol. The number of hydrogen-bond donors (Lipinski definition) is 0. The Labute approximate surface area is 261 Å². The number of halogens is 1. The van der Waals surface area contributed by atoms with E-state index in [4.69, 9.17) is 4.74 Å². The molecule has 6 nitrogen and oxygen atoms in total. The second-order valence-corrected chi connectivity index (χ2v) is 14.2. The van der Waals surface area contributed by atoms with Crippen LogP contribution < -0.4 is 0 Å². The van der Waals surface area contributed by atoms with E-state index in [2.05, 4.69) is 15.9 Å². The van der Waals surface area contributed by atoms with Gasteiger partial charge in [0, 0.05) is 16.0 Å². The molecule has 0 aliphatic heterocycles. The highest BCUT2D eigenvalue weighted by molar-refractivity contribution is 9.10. The van der Waals surface area contributed by atoms with Crippen LogP contribution in [0.4, 0.5) is 0 Å². The van der Waals surface area contributed by atoms with Crippen LogP contribution in [-0.2, 0) is 19.1 Å². The number of benzene rings is 2. The van der Waals surface area contributed by atoms with Gasteiger partial charge in [0.25, 0.3) is 0 Å². The first kappa shape index (κ1) is 31.0. The van der Waals surface area contributed by atoms with Crippen molar-refractivity contribution in [3.8, 4) is 0 Å². The fourth-order valence-electron chi connectivity index (χ4n) is 7.77. The van der Waals surface area contributed by atoms with Gasteiger partial charge in [-0.05, 0) is 76.6 Å². The lowest BCUT2D eigenvalue weighted by atomic mass is 9.28. The molecule has 2 aromatic carbocycles. The zero-order valence-electron chi connectivity index (χ0n) is 25.5. The quantitative estimate of drug-likeness (QED) is 0.129. The number of hydrogen-bond acceptors (Lipinski definition) is 6. The molecule has 6 rings (SSSR count). The van der Waals surface area contributed by atoms with E-state index in [1.807, 2.05) is 33.8 Å². The molecule has 0 amide bonds. The minimum atomic E-state index is -2.11. The van der Waals surface area contributed by atoms with Crippen LogP contribution in [0.1, 0.15) is 81.5 Å². The third-order valence-corrected chi connectivity index (χ3v) is 10.6. The van der Waals surface area contributed by atoms with Crippen molar-refractivity contribution in [3.63, 3.8) is 0 Å². The predicted molar refractivity (Wildman–Crippen MR) is 166 cm³/mol. The van der Waals surface area contributed by atoms with E-state index in [1.165, 1.54) is 0 Å². The van der Waals surface area contributed by atoms with Gasteiger partial charge in [-0.2, -0.15) is 0 Å². The fourth-order valence-corrected chi connectivity index (χ4v) is 8.03. The summed E-state index contributed by atoms with van der Waals surface area (Å²) in [6, 6.07) is 15.0. The van der Waals surface area contributed by atoms with E-state index in [9.17, 15) is 19.2 Å². The van der Waals surface area contributed by atoms with Gasteiger partial charge in [0.05, 0.1) is 11.0 Å². The van der Waals surface area contributed by atoms with Gasteiger partial charge >= 0.3 is 5.97 Å². The summed E-state index contributed by atoms with van der Waals surface area (Å²) in [6.45, 7) is 11.0. The van der Waals surface area contributed by atoms with E-state index in [0.717, 1.165) is 15.6 Å². The molecular formula is C36H37BrO6. The summed E-state index contributed by atoms with van der Waals surface area (Å²) < 4.78 is 7.02. The molecule has 0 unspecified atom stereocenters. The van der Waals surface area contributed by atoms with Gasteiger partial charge in [-0.3, -0.25) is 19.2 Å². The first-order valence-corrected chi connectivity index (χ1v) is 15.4. The highest BCUT2D eigenvalue weighted by Crippen LogP contribution is 2.73. The molecule has 0 radical (unpaired) electrons. The summed E-state index contributed by atoms with van der Waals surface area (Å²) in [5, 5.41) is 0. The van der Waals surface area contributed by atoms with Crippen LogP contribution in [0.5, 0.6) is 0 Å². The maximum absolute atomic E-state index is 15.2. The Hall–Kier alpha value is -3.45. The molecular weight excluding hydrogens is 608 g/mol. The van der Waals surface area contributed by atoms with Gasteiger partial charge in [-0.1, -0.05) is 83.4 Å².